The van der Waals surface area contributed by atoms with Crippen molar-refractivity contribution in [1.82, 2.24) is 0 Å². The van der Waals surface area contributed by atoms with Gasteiger partial charge in [-0.1, -0.05) is 0 Å². The fourth-order valence-electron chi connectivity index (χ4n) is 2.34. The minimum atomic E-state index is -1.77. The molecule has 2 rings (SSSR count). The van der Waals surface area contributed by atoms with Crippen LogP contribution in [0.2, 0.25) is 19.6 Å². The highest BCUT2D eigenvalue weighted by molar-refractivity contribution is 6.70. The molecule has 1 aromatic rings. The summed E-state index contributed by atoms with van der Waals surface area (Å²) in [4.78, 5) is 10.7. The SMILES string of the molecule is C[Si](C)(C)OC1=CCN(c2c(F)cc([N+](=O)[O-])c(F)c2F)CC1. The van der Waals surface area contributed by atoms with E-state index in [-0.39, 0.29) is 13.1 Å². The first-order valence-electron chi connectivity index (χ1n) is 7.05. The van der Waals surface area contributed by atoms with Gasteiger partial charge in [-0.25, -0.2) is 8.78 Å². The van der Waals surface area contributed by atoms with Crippen LogP contribution in [-0.4, -0.2) is 26.3 Å². The number of nitro benzene ring substituents is 1. The van der Waals surface area contributed by atoms with E-state index in [9.17, 15) is 23.3 Å². The first-order chi connectivity index (χ1) is 10.6. The van der Waals surface area contributed by atoms with Crippen LogP contribution in [0.1, 0.15) is 6.42 Å². The number of rotatable bonds is 4. The third-order valence-electron chi connectivity index (χ3n) is 3.23. The predicted octanol–water partition coefficient (Wildman–Crippen LogP) is 3.96. The van der Waals surface area contributed by atoms with E-state index in [4.69, 9.17) is 4.43 Å². The summed E-state index contributed by atoms with van der Waals surface area (Å²) in [5.41, 5.74) is -1.80. The van der Waals surface area contributed by atoms with Crippen molar-refractivity contribution < 1.29 is 22.5 Å². The summed E-state index contributed by atoms with van der Waals surface area (Å²) in [5.74, 6) is -3.60. The Kier molecular flexibility index (Phi) is 4.69. The first kappa shape index (κ1) is 17.3. The van der Waals surface area contributed by atoms with E-state index in [1.54, 1.807) is 6.08 Å². The third-order valence-corrected chi connectivity index (χ3v) is 4.11. The van der Waals surface area contributed by atoms with Gasteiger partial charge in [-0.05, 0) is 25.7 Å². The average Bonchev–Trinajstić information content (AvgIpc) is 2.43. The van der Waals surface area contributed by atoms with E-state index in [2.05, 4.69) is 0 Å². The first-order valence-corrected chi connectivity index (χ1v) is 10.5. The van der Waals surface area contributed by atoms with E-state index >= 15 is 0 Å². The minimum absolute atomic E-state index is 0.144. The van der Waals surface area contributed by atoms with Crippen LogP contribution < -0.4 is 4.90 Å². The summed E-state index contributed by atoms with van der Waals surface area (Å²) in [5, 5.41) is 10.6. The number of hydrogen-bond acceptors (Lipinski definition) is 4. The molecule has 1 aromatic carbocycles. The van der Waals surface area contributed by atoms with Crippen LogP contribution in [-0.2, 0) is 4.43 Å². The highest BCUT2D eigenvalue weighted by Gasteiger charge is 2.30. The molecule has 1 heterocycles. The number of halogens is 3. The molecule has 0 aliphatic carbocycles. The van der Waals surface area contributed by atoms with Crippen LogP contribution in [0.25, 0.3) is 0 Å². The molecule has 23 heavy (non-hydrogen) atoms. The van der Waals surface area contributed by atoms with Gasteiger partial charge in [0.05, 0.1) is 16.7 Å². The Balaban J connectivity index is 2.28. The Labute approximate surface area is 132 Å². The molecule has 0 unspecified atom stereocenters. The molecule has 0 aromatic heterocycles. The normalized spacial score (nSPS) is 15.4. The second-order valence-corrected chi connectivity index (χ2v) is 10.6. The summed E-state index contributed by atoms with van der Waals surface area (Å²) in [6.45, 7) is 6.44. The largest absolute Gasteiger partial charge is 0.547 e. The molecule has 126 valence electrons. The van der Waals surface area contributed by atoms with Gasteiger partial charge < -0.3 is 9.33 Å². The van der Waals surface area contributed by atoms with E-state index in [0.29, 0.717) is 12.5 Å². The van der Waals surface area contributed by atoms with Gasteiger partial charge >= 0.3 is 5.69 Å². The van der Waals surface area contributed by atoms with Crippen molar-refractivity contribution in [3.63, 3.8) is 0 Å². The monoisotopic (exact) mass is 346 g/mol. The highest BCUT2D eigenvalue weighted by atomic mass is 28.4. The predicted molar refractivity (Wildman–Crippen MR) is 82.3 cm³/mol. The fourth-order valence-corrected chi connectivity index (χ4v) is 3.31. The molecule has 0 bridgehead atoms. The summed E-state index contributed by atoms with van der Waals surface area (Å²) in [6, 6.07) is 0.408. The molecule has 0 spiro atoms. The number of nitrogens with zero attached hydrogens (tertiary/aromatic N) is 2. The van der Waals surface area contributed by atoms with Crippen molar-refractivity contribution in [2.24, 2.45) is 0 Å². The highest BCUT2D eigenvalue weighted by Crippen LogP contribution is 2.33. The van der Waals surface area contributed by atoms with Crippen LogP contribution in [0.3, 0.4) is 0 Å². The van der Waals surface area contributed by atoms with Gasteiger partial charge in [0.1, 0.15) is 5.69 Å². The maximum atomic E-state index is 14.0. The van der Waals surface area contributed by atoms with Crippen LogP contribution in [0.4, 0.5) is 24.5 Å². The van der Waals surface area contributed by atoms with Crippen molar-refractivity contribution in [3.8, 4) is 0 Å². The van der Waals surface area contributed by atoms with Gasteiger partial charge in [0.2, 0.25) is 14.1 Å². The van der Waals surface area contributed by atoms with Gasteiger partial charge in [-0.2, -0.15) is 4.39 Å². The number of nitro groups is 1. The maximum Gasteiger partial charge on any atom is 0.310 e. The van der Waals surface area contributed by atoms with Crippen LogP contribution >= 0.6 is 0 Å². The van der Waals surface area contributed by atoms with Gasteiger partial charge in [0.25, 0.3) is 0 Å². The standard InChI is InChI=1S/C14H17F3N2O3Si/c1-23(2,3)22-9-4-6-18(7-5-9)14-10(15)8-11(19(20)21)12(16)13(14)17/h4,8H,5-7H2,1-3H3. The molecule has 5 nitrogen and oxygen atoms in total. The lowest BCUT2D eigenvalue weighted by molar-refractivity contribution is -0.388. The Morgan fingerprint density at radius 1 is 1.26 bits per heavy atom. The Morgan fingerprint density at radius 2 is 1.91 bits per heavy atom. The van der Waals surface area contributed by atoms with E-state index in [0.717, 1.165) is 5.76 Å². The minimum Gasteiger partial charge on any atom is -0.547 e. The molecule has 0 radical (unpaired) electrons. The maximum absolute atomic E-state index is 14.0. The summed E-state index contributed by atoms with van der Waals surface area (Å²) < 4.78 is 47.6. The molecule has 0 saturated heterocycles. The molecular formula is C14H17F3N2O3Si. The van der Waals surface area contributed by atoms with Crippen molar-refractivity contribution >= 4 is 19.7 Å². The second-order valence-electron chi connectivity index (χ2n) is 6.19. The van der Waals surface area contributed by atoms with Crippen LogP contribution in [0.5, 0.6) is 0 Å². The van der Waals surface area contributed by atoms with Crippen molar-refractivity contribution in [1.29, 1.82) is 0 Å². The molecule has 0 fully saturated rings. The number of hydrogen-bond donors (Lipinski definition) is 0. The van der Waals surface area contributed by atoms with Gasteiger partial charge in [-0.3, -0.25) is 10.1 Å². The lowest BCUT2D eigenvalue weighted by Gasteiger charge is -2.31. The van der Waals surface area contributed by atoms with E-state index in [1.165, 1.54) is 4.90 Å². The summed E-state index contributed by atoms with van der Waals surface area (Å²) >= 11 is 0. The fraction of sp³-hybridized carbons (Fsp3) is 0.429. The Morgan fingerprint density at radius 3 is 2.39 bits per heavy atom. The molecular weight excluding hydrogens is 329 g/mol. The van der Waals surface area contributed by atoms with Crippen molar-refractivity contribution in [3.05, 3.63) is 45.5 Å². The van der Waals surface area contributed by atoms with Crippen LogP contribution in [0, 0.1) is 27.6 Å². The van der Waals surface area contributed by atoms with Gasteiger partial charge in [0.15, 0.2) is 11.6 Å². The molecule has 9 heteroatoms. The molecule has 0 N–H and O–H groups in total. The molecule has 1 aliphatic heterocycles. The van der Waals surface area contributed by atoms with Crippen molar-refractivity contribution in [2.45, 2.75) is 26.1 Å². The lowest BCUT2D eigenvalue weighted by Crippen LogP contribution is -2.33. The smallest absolute Gasteiger partial charge is 0.310 e. The zero-order valence-corrected chi connectivity index (χ0v) is 14.0. The lowest BCUT2D eigenvalue weighted by atomic mass is 10.1. The van der Waals surface area contributed by atoms with Crippen molar-refractivity contribution in [2.75, 3.05) is 18.0 Å². The number of anilines is 1. The Bertz CT molecular complexity index is 674. The van der Waals surface area contributed by atoms with Crippen LogP contribution in [0.15, 0.2) is 17.9 Å². The van der Waals surface area contributed by atoms with Gasteiger partial charge in [-0.15, -0.1) is 0 Å². The molecule has 0 atom stereocenters. The quantitative estimate of drug-likeness (QED) is 0.358. The molecule has 0 amide bonds. The van der Waals surface area contributed by atoms with Gasteiger partial charge in [0, 0.05) is 19.5 Å². The molecule has 1 aliphatic rings. The van der Waals surface area contributed by atoms with E-state index < -0.39 is 42.1 Å². The average molecular weight is 346 g/mol. The second kappa shape index (κ2) is 6.23. The summed E-state index contributed by atoms with van der Waals surface area (Å²) in [7, 11) is -1.77. The summed E-state index contributed by atoms with van der Waals surface area (Å²) in [6.07, 6.45) is 2.13. The molecule has 0 saturated carbocycles. The zero-order chi connectivity index (χ0) is 17.4. The third kappa shape index (κ3) is 3.84. The zero-order valence-electron chi connectivity index (χ0n) is 13.0. The number of benzene rings is 1. The van der Waals surface area contributed by atoms with E-state index in [1.807, 2.05) is 19.6 Å². The topological polar surface area (TPSA) is 55.6 Å². The Hall–Kier alpha value is -2.03.